The lowest BCUT2D eigenvalue weighted by Gasteiger charge is -2.37. The molecular weight excluding hydrogens is 387 g/mol. The van der Waals surface area contributed by atoms with E-state index in [1.807, 2.05) is 0 Å². The van der Waals surface area contributed by atoms with Crippen molar-refractivity contribution in [3.05, 3.63) is 40.4 Å². The number of imide groups is 1. The Hall–Kier alpha value is -1.85. The first-order chi connectivity index (χ1) is 12.9. The van der Waals surface area contributed by atoms with Gasteiger partial charge < -0.3 is 5.32 Å². The van der Waals surface area contributed by atoms with E-state index in [0.29, 0.717) is 22.5 Å². The summed E-state index contributed by atoms with van der Waals surface area (Å²) in [6, 6.07) is 4.02. The zero-order valence-corrected chi connectivity index (χ0v) is 16.1. The highest BCUT2D eigenvalue weighted by Crippen LogP contribution is 2.65. The molecule has 1 saturated heterocycles. The summed E-state index contributed by atoms with van der Waals surface area (Å²) in [5.41, 5.74) is 0.362. The van der Waals surface area contributed by atoms with Gasteiger partial charge in [-0.1, -0.05) is 41.4 Å². The van der Waals surface area contributed by atoms with Crippen LogP contribution in [0.4, 0.5) is 5.69 Å². The van der Waals surface area contributed by atoms with Crippen LogP contribution in [-0.4, -0.2) is 28.7 Å². The number of halogens is 2. The second kappa shape index (κ2) is 5.82. The van der Waals surface area contributed by atoms with Crippen molar-refractivity contribution in [3.63, 3.8) is 0 Å². The third-order valence-corrected chi connectivity index (χ3v) is 7.49. The van der Waals surface area contributed by atoms with Crippen molar-refractivity contribution >= 4 is 46.6 Å². The van der Waals surface area contributed by atoms with Crippen LogP contribution in [0.2, 0.25) is 10.0 Å². The molecule has 140 valence electrons. The first kappa shape index (κ1) is 17.3. The monoisotopic (exact) mass is 404 g/mol. The molecule has 0 unspecified atom stereocenters. The van der Waals surface area contributed by atoms with Crippen LogP contribution in [0.3, 0.4) is 0 Å². The van der Waals surface area contributed by atoms with Gasteiger partial charge in [0, 0.05) is 0 Å². The molecule has 7 atom stereocenters. The molecule has 2 bridgehead atoms. The standard InChI is InChI=1S/C20H18Cl2N2O3/c1-8(18(25)23-14-4-2-3-13(21)17(14)22)24-19(26)15-9-5-6-10(12-7-11(9)12)16(15)20(24)27/h2-6,8-12,15-16H,7H2,1H3,(H,23,25)/t8-,9+,10+,11+,12+,15-,16+/m0/s1. The summed E-state index contributed by atoms with van der Waals surface area (Å²) in [5, 5.41) is 3.24. The van der Waals surface area contributed by atoms with E-state index >= 15 is 0 Å². The van der Waals surface area contributed by atoms with Crippen molar-refractivity contribution in [3.8, 4) is 0 Å². The van der Waals surface area contributed by atoms with Gasteiger partial charge in [0.1, 0.15) is 6.04 Å². The Labute approximate surface area is 166 Å². The van der Waals surface area contributed by atoms with Crippen LogP contribution in [0.5, 0.6) is 0 Å². The van der Waals surface area contributed by atoms with Gasteiger partial charge >= 0.3 is 0 Å². The van der Waals surface area contributed by atoms with E-state index < -0.39 is 11.9 Å². The predicted octanol–water partition coefficient (Wildman–Crippen LogP) is 3.37. The van der Waals surface area contributed by atoms with E-state index in [4.69, 9.17) is 23.2 Å². The average molecular weight is 405 g/mol. The predicted molar refractivity (Wildman–Crippen MR) is 101 cm³/mol. The second-order valence-electron chi connectivity index (χ2n) is 7.97. The minimum atomic E-state index is -0.902. The molecule has 3 amide bonds. The van der Waals surface area contributed by atoms with Crippen LogP contribution < -0.4 is 5.32 Å². The quantitative estimate of drug-likeness (QED) is 0.620. The van der Waals surface area contributed by atoms with Crippen LogP contribution in [0, 0.1) is 35.5 Å². The van der Waals surface area contributed by atoms with Crippen molar-refractivity contribution < 1.29 is 14.4 Å². The normalized spacial score (nSPS) is 36.5. The summed E-state index contributed by atoms with van der Waals surface area (Å²) in [6.07, 6.45) is 5.34. The Morgan fingerprint density at radius 3 is 2.30 bits per heavy atom. The second-order valence-corrected chi connectivity index (χ2v) is 8.75. The molecule has 0 radical (unpaired) electrons. The number of carbonyl (C=O) groups excluding carboxylic acids is 3. The summed E-state index contributed by atoms with van der Waals surface area (Å²) in [6.45, 7) is 1.58. The SMILES string of the molecule is C[C@@H](C(=O)Nc1cccc(Cl)c1Cl)N1C(=O)[C@@H]2[C@@H]3C=C[C@H]([C@H]4C[C@H]34)[C@@H]2C1=O. The summed E-state index contributed by atoms with van der Waals surface area (Å²) in [5.74, 6) is -0.135. The summed E-state index contributed by atoms with van der Waals surface area (Å²) >= 11 is 12.1. The fraction of sp³-hybridized carbons (Fsp3) is 0.450. The van der Waals surface area contributed by atoms with Crippen molar-refractivity contribution in [2.45, 2.75) is 19.4 Å². The fourth-order valence-electron chi connectivity index (χ4n) is 5.32. The van der Waals surface area contributed by atoms with E-state index in [2.05, 4.69) is 17.5 Å². The minimum absolute atomic E-state index is 0.143. The molecule has 0 aromatic heterocycles. The van der Waals surface area contributed by atoms with Crippen LogP contribution in [-0.2, 0) is 14.4 Å². The number of rotatable bonds is 3. The van der Waals surface area contributed by atoms with Crippen LogP contribution in [0.1, 0.15) is 13.3 Å². The maximum absolute atomic E-state index is 13.1. The molecule has 27 heavy (non-hydrogen) atoms. The van der Waals surface area contributed by atoms with Gasteiger partial charge in [0.25, 0.3) is 0 Å². The summed E-state index contributed by atoms with van der Waals surface area (Å²) in [4.78, 5) is 40.0. The molecule has 5 aliphatic rings. The van der Waals surface area contributed by atoms with Gasteiger partial charge in [-0.15, -0.1) is 0 Å². The van der Waals surface area contributed by atoms with Crippen LogP contribution in [0.25, 0.3) is 0 Å². The average Bonchev–Trinajstić information content (AvgIpc) is 3.42. The molecule has 1 aromatic carbocycles. The lowest BCUT2D eigenvalue weighted by molar-refractivity contribution is -0.146. The smallest absolute Gasteiger partial charge is 0.247 e. The Balaban J connectivity index is 1.39. The molecule has 4 aliphatic carbocycles. The maximum atomic E-state index is 13.1. The molecule has 5 nitrogen and oxygen atoms in total. The highest BCUT2D eigenvalue weighted by molar-refractivity contribution is 6.44. The van der Waals surface area contributed by atoms with Crippen molar-refractivity contribution in [1.82, 2.24) is 4.90 Å². The number of likely N-dealkylation sites (tertiary alicyclic amines) is 1. The molecule has 2 saturated carbocycles. The number of hydrogen-bond donors (Lipinski definition) is 1. The summed E-state index contributed by atoms with van der Waals surface area (Å²) < 4.78 is 0. The highest BCUT2D eigenvalue weighted by Gasteiger charge is 2.67. The maximum Gasteiger partial charge on any atom is 0.247 e. The number of hydrogen-bond acceptors (Lipinski definition) is 3. The number of benzene rings is 1. The first-order valence-corrected chi connectivity index (χ1v) is 9.96. The topological polar surface area (TPSA) is 66.5 Å². The van der Waals surface area contributed by atoms with Gasteiger partial charge in [-0.05, 0) is 49.1 Å². The van der Waals surface area contributed by atoms with E-state index in [0.717, 1.165) is 6.42 Å². The third-order valence-electron chi connectivity index (χ3n) is 6.67. The van der Waals surface area contributed by atoms with Gasteiger partial charge in [0.2, 0.25) is 17.7 Å². The minimum Gasteiger partial charge on any atom is -0.323 e. The number of amides is 3. The van der Waals surface area contributed by atoms with E-state index in [-0.39, 0.29) is 40.5 Å². The Bertz CT molecular complexity index is 878. The Morgan fingerprint density at radius 2 is 1.70 bits per heavy atom. The van der Waals surface area contributed by atoms with Gasteiger partial charge in [-0.3, -0.25) is 19.3 Å². The van der Waals surface area contributed by atoms with E-state index in [9.17, 15) is 14.4 Å². The molecule has 3 fully saturated rings. The van der Waals surface area contributed by atoms with E-state index in [1.54, 1.807) is 25.1 Å². The Kier molecular flexibility index (Phi) is 3.72. The van der Waals surface area contributed by atoms with Gasteiger partial charge in [0.15, 0.2) is 0 Å². The highest BCUT2D eigenvalue weighted by atomic mass is 35.5. The van der Waals surface area contributed by atoms with Crippen LogP contribution >= 0.6 is 23.2 Å². The lowest BCUT2D eigenvalue weighted by Crippen LogP contribution is -2.46. The molecule has 7 heteroatoms. The number of allylic oxidation sites excluding steroid dienone is 2. The zero-order chi connectivity index (χ0) is 19.0. The third kappa shape index (κ3) is 2.34. The largest absolute Gasteiger partial charge is 0.323 e. The van der Waals surface area contributed by atoms with Gasteiger partial charge in [-0.2, -0.15) is 0 Å². The zero-order valence-electron chi connectivity index (χ0n) is 14.6. The fourth-order valence-corrected chi connectivity index (χ4v) is 5.66. The number of carbonyl (C=O) groups is 3. The molecule has 1 aromatic rings. The molecule has 1 heterocycles. The van der Waals surface area contributed by atoms with Crippen molar-refractivity contribution in [2.24, 2.45) is 35.5 Å². The summed E-state index contributed by atoms with van der Waals surface area (Å²) in [7, 11) is 0. The molecule has 1 aliphatic heterocycles. The lowest BCUT2D eigenvalue weighted by atomic mass is 9.63. The first-order valence-electron chi connectivity index (χ1n) is 9.20. The number of anilines is 1. The van der Waals surface area contributed by atoms with E-state index in [1.165, 1.54) is 4.90 Å². The van der Waals surface area contributed by atoms with Crippen molar-refractivity contribution in [2.75, 3.05) is 5.32 Å². The number of nitrogens with one attached hydrogen (secondary N) is 1. The van der Waals surface area contributed by atoms with Crippen molar-refractivity contribution in [1.29, 1.82) is 0 Å². The molecular formula is C20H18Cl2N2O3. The van der Waals surface area contributed by atoms with Gasteiger partial charge in [0.05, 0.1) is 27.6 Å². The number of nitrogens with zero attached hydrogens (tertiary/aromatic N) is 1. The van der Waals surface area contributed by atoms with Crippen LogP contribution in [0.15, 0.2) is 30.4 Å². The molecule has 6 rings (SSSR count). The Morgan fingerprint density at radius 1 is 1.11 bits per heavy atom. The molecule has 1 N–H and O–H groups in total. The molecule has 0 spiro atoms. The van der Waals surface area contributed by atoms with Gasteiger partial charge in [-0.25, -0.2) is 0 Å².